The van der Waals surface area contributed by atoms with Crippen LogP contribution in [0.15, 0.2) is 66.9 Å². The number of carbonyl (C=O) groups is 2. The Bertz CT molecular complexity index is 1090. The number of carbonyl (C=O) groups excluding carboxylic acids is 1. The summed E-state index contributed by atoms with van der Waals surface area (Å²) in [6, 6.07) is 19.6. The molecule has 0 saturated carbocycles. The van der Waals surface area contributed by atoms with Crippen molar-refractivity contribution in [3.63, 3.8) is 0 Å². The normalized spacial score (nSPS) is 11.8. The highest BCUT2D eigenvalue weighted by Crippen LogP contribution is 2.33. The second-order valence-corrected chi connectivity index (χ2v) is 8.67. The van der Waals surface area contributed by atoms with Crippen LogP contribution < -0.4 is 10.6 Å². The number of nitrogens with zero attached hydrogens (tertiary/aromatic N) is 1. The number of aromatic nitrogens is 1. The number of aliphatic carboxylic acids is 1. The third-order valence-corrected chi connectivity index (χ3v) is 5.49. The molecule has 3 rings (SSSR count). The molecule has 2 aromatic carbocycles. The molecule has 3 N–H and O–H groups in total. The zero-order chi connectivity index (χ0) is 23.8. The van der Waals surface area contributed by atoms with Crippen molar-refractivity contribution in [2.45, 2.75) is 32.7 Å². The summed E-state index contributed by atoms with van der Waals surface area (Å²) in [6.07, 6.45) is 2.20. The van der Waals surface area contributed by atoms with Crippen LogP contribution in [-0.4, -0.2) is 28.5 Å². The fourth-order valence-corrected chi connectivity index (χ4v) is 3.84. The highest BCUT2D eigenvalue weighted by atomic mass is 35.5. The molecule has 0 aliphatic carbocycles. The standard InChI is InChI=1S/C26H28ClN3O3/c1-17(2)14-23(21-10-8-19(15-22(21)27)18-6-4-3-5-7-18)30-24-11-9-20(16-29-24)26(33)28-13-12-25(31)32/h3-11,15-17,23H,12-14H2,1-2H3,(H,28,33)(H,29,30)(H,31,32). The van der Waals surface area contributed by atoms with E-state index in [1.54, 1.807) is 12.1 Å². The second kappa shape index (κ2) is 11.5. The SMILES string of the molecule is CC(C)CC(Nc1ccc(C(=O)NCCC(=O)O)cn1)c1ccc(-c2ccccc2)cc1Cl. The van der Waals surface area contributed by atoms with E-state index in [-0.39, 0.29) is 24.9 Å². The van der Waals surface area contributed by atoms with Gasteiger partial charge in [-0.25, -0.2) is 4.98 Å². The molecular formula is C26H28ClN3O3. The Morgan fingerprint density at radius 3 is 2.39 bits per heavy atom. The van der Waals surface area contributed by atoms with Crippen molar-refractivity contribution in [1.29, 1.82) is 0 Å². The van der Waals surface area contributed by atoms with Crippen molar-refractivity contribution in [2.24, 2.45) is 5.92 Å². The van der Waals surface area contributed by atoms with E-state index >= 15 is 0 Å². The van der Waals surface area contributed by atoms with E-state index in [1.807, 2.05) is 24.3 Å². The van der Waals surface area contributed by atoms with Crippen molar-refractivity contribution < 1.29 is 14.7 Å². The predicted molar refractivity (Wildman–Crippen MR) is 132 cm³/mol. The molecule has 0 aliphatic rings. The minimum atomic E-state index is -0.959. The smallest absolute Gasteiger partial charge is 0.305 e. The van der Waals surface area contributed by atoms with Gasteiger partial charge in [-0.1, -0.05) is 67.9 Å². The molecule has 1 unspecified atom stereocenters. The van der Waals surface area contributed by atoms with E-state index in [9.17, 15) is 9.59 Å². The van der Waals surface area contributed by atoms with Crippen LogP contribution in [-0.2, 0) is 4.79 Å². The molecule has 0 aliphatic heterocycles. The van der Waals surface area contributed by atoms with Crippen molar-refractivity contribution >= 4 is 29.3 Å². The van der Waals surface area contributed by atoms with Crippen molar-refractivity contribution in [3.05, 3.63) is 83.0 Å². The number of anilines is 1. The third kappa shape index (κ3) is 7.05. The van der Waals surface area contributed by atoms with Gasteiger partial charge in [0, 0.05) is 17.8 Å². The van der Waals surface area contributed by atoms with Crippen molar-refractivity contribution in [2.75, 3.05) is 11.9 Å². The summed E-state index contributed by atoms with van der Waals surface area (Å²) in [4.78, 5) is 27.1. The number of carboxylic acids is 1. The first-order valence-electron chi connectivity index (χ1n) is 10.9. The summed E-state index contributed by atoms with van der Waals surface area (Å²) in [5.41, 5.74) is 3.53. The van der Waals surface area contributed by atoms with Gasteiger partial charge in [0.1, 0.15) is 5.82 Å². The van der Waals surface area contributed by atoms with E-state index < -0.39 is 5.97 Å². The van der Waals surface area contributed by atoms with Gasteiger partial charge in [0.15, 0.2) is 0 Å². The summed E-state index contributed by atoms with van der Waals surface area (Å²) < 4.78 is 0. The van der Waals surface area contributed by atoms with Gasteiger partial charge in [0.2, 0.25) is 0 Å². The monoisotopic (exact) mass is 465 g/mol. The summed E-state index contributed by atoms with van der Waals surface area (Å²) in [5.74, 6) is -0.259. The van der Waals surface area contributed by atoms with Crippen LogP contribution in [0.25, 0.3) is 11.1 Å². The number of benzene rings is 2. The molecule has 1 aromatic heterocycles. The number of hydrogen-bond acceptors (Lipinski definition) is 4. The molecule has 1 atom stereocenters. The average Bonchev–Trinajstić information content (AvgIpc) is 2.79. The van der Waals surface area contributed by atoms with E-state index in [0.717, 1.165) is 23.1 Å². The van der Waals surface area contributed by atoms with Gasteiger partial charge in [-0.05, 0) is 47.2 Å². The Hall–Kier alpha value is -3.38. The molecule has 0 saturated heterocycles. The minimum absolute atomic E-state index is 0.0509. The molecular weight excluding hydrogens is 438 g/mol. The van der Waals surface area contributed by atoms with Gasteiger partial charge in [0.05, 0.1) is 18.0 Å². The lowest BCUT2D eigenvalue weighted by Gasteiger charge is -2.23. The van der Waals surface area contributed by atoms with Gasteiger partial charge in [0.25, 0.3) is 5.91 Å². The molecule has 33 heavy (non-hydrogen) atoms. The first-order valence-corrected chi connectivity index (χ1v) is 11.3. The van der Waals surface area contributed by atoms with E-state index in [1.165, 1.54) is 6.20 Å². The van der Waals surface area contributed by atoms with Crippen molar-refractivity contribution in [1.82, 2.24) is 10.3 Å². The van der Waals surface area contributed by atoms with E-state index in [2.05, 4.69) is 53.7 Å². The molecule has 172 valence electrons. The summed E-state index contributed by atoms with van der Waals surface area (Å²) in [7, 11) is 0. The van der Waals surface area contributed by atoms with Gasteiger partial charge in [-0.15, -0.1) is 0 Å². The molecule has 0 radical (unpaired) electrons. The number of hydrogen-bond donors (Lipinski definition) is 3. The molecule has 3 aromatic rings. The Balaban J connectivity index is 1.74. The Morgan fingerprint density at radius 2 is 1.79 bits per heavy atom. The molecule has 0 spiro atoms. The molecule has 1 heterocycles. The molecule has 1 amide bonds. The maximum Gasteiger partial charge on any atom is 0.305 e. The lowest BCUT2D eigenvalue weighted by molar-refractivity contribution is -0.136. The maximum absolute atomic E-state index is 12.1. The number of halogens is 1. The van der Waals surface area contributed by atoms with Crippen LogP contribution in [0.5, 0.6) is 0 Å². The van der Waals surface area contributed by atoms with Gasteiger partial charge in [-0.2, -0.15) is 0 Å². The maximum atomic E-state index is 12.1. The number of carboxylic acid groups (broad SMARTS) is 1. The number of amides is 1. The summed E-state index contributed by atoms with van der Waals surface area (Å²) in [5, 5.41) is 15.4. The lowest BCUT2D eigenvalue weighted by atomic mass is 9.95. The van der Waals surface area contributed by atoms with Crippen LogP contribution in [0.3, 0.4) is 0 Å². The molecule has 6 nitrogen and oxygen atoms in total. The molecule has 0 bridgehead atoms. The van der Waals surface area contributed by atoms with Crippen LogP contribution in [0.1, 0.15) is 48.7 Å². The fraction of sp³-hybridized carbons (Fsp3) is 0.269. The number of pyridine rings is 1. The lowest BCUT2D eigenvalue weighted by Crippen LogP contribution is -2.26. The summed E-state index contributed by atoms with van der Waals surface area (Å²) in [6.45, 7) is 4.37. The first-order chi connectivity index (χ1) is 15.8. The quantitative estimate of drug-likeness (QED) is 0.351. The van der Waals surface area contributed by atoms with Crippen molar-refractivity contribution in [3.8, 4) is 11.1 Å². The van der Waals surface area contributed by atoms with Gasteiger partial charge in [-0.3, -0.25) is 9.59 Å². The highest BCUT2D eigenvalue weighted by Gasteiger charge is 2.18. The van der Waals surface area contributed by atoms with Crippen LogP contribution >= 0.6 is 11.6 Å². The Morgan fingerprint density at radius 1 is 1.03 bits per heavy atom. The van der Waals surface area contributed by atoms with Gasteiger partial charge < -0.3 is 15.7 Å². The first kappa shape index (κ1) is 24.3. The highest BCUT2D eigenvalue weighted by molar-refractivity contribution is 6.31. The van der Waals surface area contributed by atoms with Crippen LogP contribution in [0.2, 0.25) is 5.02 Å². The topological polar surface area (TPSA) is 91.3 Å². The summed E-state index contributed by atoms with van der Waals surface area (Å²) >= 11 is 6.71. The number of rotatable bonds is 10. The minimum Gasteiger partial charge on any atom is -0.481 e. The molecule has 0 fully saturated rings. The predicted octanol–water partition coefficient (Wildman–Crippen LogP) is 5.81. The zero-order valence-corrected chi connectivity index (χ0v) is 19.5. The largest absolute Gasteiger partial charge is 0.481 e. The van der Waals surface area contributed by atoms with Crippen LogP contribution in [0.4, 0.5) is 5.82 Å². The molecule has 7 heteroatoms. The zero-order valence-electron chi connectivity index (χ0n) is 18.7. The Kier molecular flexibility index (Phi) is 8.44. The number of nitrogens with one attached hydrogen (secondary N) is 2. The third-order valence-electron chi connectivity index (χ3n) is 5.16. The van der Waals surface area contributed by atoms with E-state index in [0.29, 0.717) is 22.3 Å². The fourth-order valence-electron chi connectivity index (χ4n) is 3.53. The Labute approximate surface area is 199 Å². The average molecular weight is 466 g/mol. The van der Waals surface area contributed by atoms with Crippen LogP contribution in [0, 0.1) is 5.92 Å². The second-order valence-electron chi connectivity index (χ2n) is 8.26. The van der Waals surface area contributed by atoms with E-state index in [4.69, 9.17) is 16.7 Å². The van der Waals surface area contributed by atoms with Gasteiger partial charge >= 0.3 is 5.97 Å².